The molecule has 2 saturated carbocycles. The highest BCUT2D eigenvalue weighted by Crippen LogP contribution is 2.60. The van der Waals surface area contributed by atoms with Crippen molar-refractivity contribution in [3.63, 3.8) is 0 Å². The van der Waals surface area contributed by atoms with Gasteiger partial charge in [0.2, 0.25) is 0 Å². The van der Waals surface area contributed by atoms with Gasteiger partial charge in [0, 0.05) is 12.6 Å². The van der Waals surface area contributed by atoms with Crippen molar-refractivity contribution in [2.45, 2.75) is 58.4 Å². The molecule has 0 bridgehead atoms. The average Bonchev–Trinajstić information content (AvgIpc) is 3.29. The van der Waals surface area contributed by atoms with E-state index in [1.807, 2.05) is 0 Å². The van der Waals surface area contributed by atoms with Gasteiger partial charge in [0.05, 0.1) is 0 Å². The molecule has 2 fully saturated rings. The van der Waals surface area contributed by atoms with Gasteiger partial charge >= 0.3 is 0 Å². The van der Waals surface area contributed by atoms with Crippen LogP contribution in [0.5, 0.6) is 0 Å². The first-order valence-electron chi connectivity index (χ1n) is 8.06. The molecule has 1 aromatic carbocycles. The first kappa shape index (κ1) is 13.2. The van der Waals surface area contributed by atoms with E-state index in [1.165, 1.54) is 56.2 Å². The van der Waals surface area contributed by atoms with E-state index in [4.69, 9.17) is 0 Å². The summed E-state index contributed by atoms with van der Waals surface area (Å²) in [6, 6.07) is 9.70. The fraction of sp³-hybridized carbons (Fsp3) is 0.667. The van der Waals surface area contributed by atoms with Crippen LogP contribution in [0.4, 0.5) is 0 Å². The summed E-state index contributed by atoms with van der Waals surface area (Å²) in [6.45, 7) is 5.78. The van der Waals surface area contributed by atoms with Crippen LogP contribution in [0.3, 0.4) is 0 Å². The highest BCUT2D eigenvalue weighted by molar-refractivity contribution is 5.25. The molecule has 0 heterocycles. The van der Waals surface area contributed by atoms with E-state index in [0.717, 1.165) is 5.92 Å². The molecule has 1 nitrogen and oxygen atoms in total. The highest BCUT2D eigenvalue weighted by atomic mass is 14.9. The minimum absolute atomic E-state index is 0.493. The zero-order chi connectivity index (χ0) is 13.3. The molecular formula is C18H27N. The second-order valence-electron chi connectivity index (χ2n) is 6.73. The Kier molecular flexibility index (Phi) is 3.66. The lowest BCUT2D eigenvalue weighted by atomic mass is 9.99. The number of benzene rings is 1. The SMILES string of the molecule is CCCc1ccc(C(C)NCC2(C3CC3)CC2)cc1. The summed E-state index contributed by atoms with van der Waals surface area (Å²) in [5.74, 6) is 1.05. The van der Waals surface area contributed by atoms with Crippen LogP contribution in [0.15, 0.2) is 24.3 Å². The Balaban J connectivity index is 1.53. The van der Waals surface area contributed by atoms with E-state index < -0.39 is 0 Å². The van der Waals surface area contributed by atoms with Crippen LogP contribution in [0.1, 0.15) is 63.1 Å². The van der Waals surface area contributed by atoms with E-state index in [2.05, 4.69) is 43.4 Å². The maximum absolute atomic E-state index is 3.77. The summed E-state index contributed by atoms with van der Waals surface area (Å²) in [4.78, 5) is 0. The fourth-order valence-electron chi connectivity index (χ4n) is 3.32. The molecular weight excluding hydrogens is 230 g/mol. The van der Waals surface area contributed by atoms with E-state index >= 15 is 0 Å². The molecule has 2 aliphatic carbocycles. The molecule has 0 aromatic heterocycles. The van der Waals surface area contributed by atoms with Gasteiger partial charge in [0.15, 0.2) is 0 Å². The number of hydrogen-bond acceptors (Lipinski definition) is 1. The summed E-state index contributed by atoms with van der Waals surface area (Å²) >= 11 is 0. The van der Waals surface area contributed by atoms with E-state index in [9.17, 15) is 0 Å². The Morgan fingerprint density at radius 1 is 1.21 bits per heavy atom. The van der Waals surface area contributed by atoms with Crippen LogP contribution in [-0.2, 0) is 6.42 Å². The molecule has 0 radical (unpaired) electrons. The topological polar surface area (TPSA) is 12.0 Å². The Morgan fingerprint density at radius 2 is 1.89 bits per heavy atom. The van der Waals surface area contributed by atoms with Gasteiger partial charge in [0.25, 0.3) is 0 Å². The Bertz CT molecular complexity index is 412. The van der Waals surface area contributed by atoms with Crippen LogP contribution < -0.4 is 5.32 Å². The lowest BCUT2D eigenvalue weighted by Gasteiger charge is -2.20. The van der Waals surface area contributed by atoms with Crippen molar-refractivity contribution in [2.24, 2.45) is 11.3 Å². The van der Waals surface area contributed by atoms with Crippen molar-refractivity contribution in [2.75, 3.05) is 6.54 Å². The van der Waals surface area contributed by atoms with Crippen molar-refractivity contribution in [3.05, 3.63) is 35.4 Å². The molecule has 1 heteroatoms. The zero-order valence-electron chi connectivity index (χ0n) is 12.4. The molecule has 1 atom stereocenters. The molecule has 1 N–H and O–H groups in total. The molecule has 104 valence electrons. The van der Waals surface area contributed by atoms with E-state index in [0.29, 0.717) is 11.5 Å². The van der Waals surface area contributed by atoms with Gasteiger partial charge in [-0.15, -0.1) is 0 Å². The van der Waals surface area contributed by atoms with Crippen LogP contribution in [0.25, 0.3) is 0 Å². The van der Waals surface area contributed by atoms with Crippen molar-refractivity contribution in [1.82, 2.24) is 5.32 Å². The van der Waals surface area contributed by atoms with Crippen molar-refractivity contribution in [3.8, 4) is 0 Å². The number of rotatable bonds is 7. The third-order valence-electron chi connectivity index (χ3n) is 5.11. The molecule has 0 spiro atoms. The molecule has 1 unspecified atom stereocenters. The Hall–Kier alpha value is -0.820. The summed E-state index contributed by atoms with van der Waals surface area (Å²) in [6.07, 6.45) is 8.34. The lowest BCUT2D eigenvalue weighted by Crippen LogP contribution is -2.28. The van der Waals surface area contributed by atoms with E-state index in [1.54, 1.807) is 0 Å². The number of aryl methyl sites for hydroxylation is 1. The normalized spacial score (nSPS) is 22.2. The Morgan fingerprint density at radius 3 is 2.42 bits per heavy atom. The first-order valence-corrected chi connectivity index (χ1v) is 8.06. The van der Waals surface area contributed by atoms with Crippen LogP contribution in [-0.4, -0.2) is 6.54 Å². The molecule has 0 saturated heterocycles. The second kappa shape index (κ2) is 5.28. The van der Waals surface area contributed by atoms with E-state index in [-0.39, 0.29) is 0 Å². The van der Waals surface area contributed by atoms with Crippen molar-refractivity contribution < 1.29 is 0 Å². The summed E-state index contributed by atoms with van der Waals surface area (Å²) in [5, 5.41) is 3.77. The Labute approximate surface area is 117 Å². The average molecular weight is 257 g/mol. The standard InChI is InChI=1S/C18H27N/c1-3-4-15-5-7-16(8-6-15)14(2)19-13-18(11-12-18)17-9-10-17/h5-8,14,17,19H,3-4,9-13H2,1-2H3. The number of hydrogen-bond donors (Lipinski definition) is 1. The van der Waals surface area contributed by atoms with Crippen LogP contribution >= 0.6 is 0 Å². The van der Waals surface area contributed by atoms with Gasteiger partial charge in [-0.3, -0.25) is 0 Å². The molecule has 19 heavy (non-hydrogen) atoms. The lowest BCUT2D eigenvalue weighted by molar-refractivity contribution is 0.382. The molecule has 3 rings (SSSR count). The largest absolute Gasteiger partial charge is 0.310 e. The van der Waals surface area contributed by atoms with Crippen molar-refractivity contribution >= 4 is 0 Å². The highest BCUT2D eigenvalue weighted by Gasteiger charge is 2.53. The summed E-state index contributed by atoms with van der Waals surface area (Å²) in [5.41, 5.74) is 3.61. The summed E-state index contributed by atoms with van der Waals surface area (Å²) in [7, 11) is 0. The fourth-order valence-corrected chi connectivity index (χ4v) is 3.32. The second-order valence-corrected chi connectivity index (χ2v) is 6.73. The quantitative estimate of drug-likeness (QED) is 0.759. The van der Waals surface area contributed by atoms with Gasteiger partial charge in [-0.05, 0) is 61.5 Å². The minimum atomic E-state index is 0.493. The van der Waals surface area contributed by atoms with Gasteiger partial charge in [-0.2, -0.15) is 0 Å². The monoisotopic (exact) mass is 257 g/mol. The first-order chi connectivity index (χ1) is 9.23. The zero-order valence-corrected chi connectivity index (χ0v) is 12.4. The van der Waals surface area contributed by atoms with Crippen molar-refractivity contribution in [1.29, 1.82) is 0 Å². The maximum atomic E-state index is 3.77. The number of nitrogens with one attached hydrogen (secondary N) is 1. The third kappa shape index (κ3) is 3.02. The van der Waals surface area contributed by atoms with Gasteiger partial charge in [0.1, 0.15) is 0 Å². The summed E-state index contributed by atoms with van der Waals surface area (Å²) < 4.78 is 0. The maximum Gasteiger partial charge on any atom is 0.0292 e. The van der Waals surface area contributed by atoms with Crippen LogP contribution in [0, 0.1) is 11.3 Å². The smallest absolute Gasteiger partial charge is 0.0292 e. The van der Waals surface area contributed by atoms with Gasteiger partial charge in [-0.25, -0.2) is 0 Å². The van der Waals surface area contributed by atoms with Gasteiger partial charge in [-0.1, -0.05) is 37.6 Å². The van der Waals surface area contributed by atoms with Gasteiger partial charge < -0.3 is 5.32 Å². The third-order valence-corrected chi connectivity index (χ3v) is 5.11. The molecule has 0 aliphatic heterocycles. The van der Waals surface area contributed by atoms with Crippen LogP contribution in [0.2, 0.25) is 0 Å². The predicted molar refractivity (Wildman–Crippen MR) is 81.2 cm³/mol. The minimum Gasteiger partial charge on any atom is -0.310 e. The molecule has 1 aromatic rings. The molecule has 2 aliphatic rings. The molecule has 0 amide bonds. The predicted octanol–water partition coefficient (Wildman–Crippen LogP) is 4.48.